The molecule has 4 nitrogen and oxygen atoms in total. The van der Waals surface area contributed by atoms with Crippen LogP contribution in [0, 0.1) is 11.8 Å². The zero-order valence-corrected chi connectivity index (χ0v) is 15.5. The Morgan fingerprint density at radius 1 is 0.815 bits per heavy atom. The fourth-order valence-electron chi connectivity index (χ4n) is 3.62. The number of benzene rings is 2. The van der Waals surface area contributed by atoms with E-state index in [-0.39, 0.29) is 23.7 Å². The molecule has 140 valence electrons. The van der Waals surface area contributed by atoms with Crippen LogP contribution in [0.4, 0.5) is 0 Å². The van der Waals surface area contributed by atoms with Crippen molar-refractivity contribution in [2.24, 2.45) is 11.8 Å². The minimum atomic E-state index is -0.138. The molecule has 4 heteroatoms. The number of amides is 1. The summed E-state index contributed by atoms with van der Waals surface area (Å²) in [5, 5.41) is 0. The van der Waals surface area contributed by atoms with Crippen LogP contribution in [0.2, 0.25) is 0 Å². The molecule has 0 atom stereocenters. The lowest BCUT2D eigenvalue weighted by Crippen LogP contribution is -2.41. The minimum Gasteiger partial charge on any atom is -0.461 e. The van der Waals surface area contributed by atoms with E-state index < -0.39 is 0 Å². The molecule has 2 fully saturated rings. The predicted octanol–water partition coefficient (Wildman–Crippen LogP) is 4.05. The lowest BCUT2D eigenvalue weighted by Gasteiger charge is -2.31. The Kier molecular flexibility index (Phi) is 5.23. The van der Waals surface area contributed by atoms with Crippen LogP contribution in [0.3, 0.4) is 0 Å². The molecule has 1 heterocycles. The highest BCUT2D eigenvalue weighted by atomic mass is 16.5. The summed E-state index contributed by atoms with van der Waals surface area (Å²) in [6.07, 6.45) is 3.49. The van der Waals surface area contributed by atoms with Crippen molar-refractivity contribution in [3.8, 4) is 11.1 Å². The van der Waals surface area contributed by atoms with Crippen LogP contribution in [0.25, 0.3) is 11.1 Å². The Morgan fingerprint density at radius 2 is 1.44 bits per heavy atom. The smallest absolute Gasteiger partial charge is 0.309 e. The van der Waals surface area contributed by atoms with Crippen molar-refractivity contribution < 1.29 is 14.3 Å². The molecule has 1 saturated carbocycles. The van der Waals surface area contributed by atoms with Gasteiger partial charge in [0.15, 0.2) is 0 Å². The van der Waals surface area contributed by atoms with E-state index in [1.807, 2.05) is 35.2 Å². The number of carbonyl (C=O) groups excluding carboxylic acids is 2. The van der Waals surface area contributed by atoms with Crippen LogP contribution in [0.15, 0.2) is 54.6 Å². The van der Waals surface area contributed by atoms with Gasteiger partial charge in [-0.05, 0) is 42.4 Å². The van der Waals surface area contributed by atoms with Crippen molar-refractivity contribution >= 4 is 11.9 Å². The van der Waals surface area contributed by atoms with E-state index in [9.17, 15) is 9.59 Å². The number of rotatable bonds is 5. The summed E-state index contributed by atoms with van der Waals surface area (Å²) < 4.78 is 5.53. The first kappa shape index (κ1) is 17.8. The van der Waals surface area contributed by atoms with Gasteiger partial charge in [0.2, 0.25) is 5.91 Å². The van der Waals surface area contributed by atoms with Gasteiger partial charge in [-0.1, -0.05) is 54.6 Å². The molecular formula is C23H25NO3. The summed E-state index contributed by atoms with van der Waals surface area (Å²) in [6, 6.07) is 18.3. The Labute approximate surface area is 160 Å². The average molecular weight is 363 g/mol. The van der Waals surface area contributed by atoms with Crippen LogP contribution < -0.4 is 0 Å². The van der Waals surface area contributed by atoms with E-state index in [1.165, 1.54) is 5.56 Å². The Balaban J connectivity index is 1.25. The van der Waals surface area contributed by atoms with Gasteiger partial charge in [-0.25, -0.2) is 0 Å². The second-order valence-electron chi connectivity index (χ2n) is 7.54. The molecule has 0 radical (unpaired) electrons. The van der Waals surface area contributed by atoms with Gasteiger partial charge >= 0.3 is 5.97 Å². The highest BCUT2D eigenvalue weighted by Gasteiger charge is 2.36. The van der Waals surface area contributed by atoms with Gasteiger partial charge in [-0.2, -0.15) is 0 Å². The molecule has 27 heavy (non-hydrogen) atoms. The predicted molar refractivity (Wildman–Crippen MR) is 104 cm³/mol. The largest absolute Gasteiger partial charge is 0.461 e. The van der Waals surface area contributed by atoms with Gasteiger partial charge in [0.25, 0.3) is 0 Å². The fourth-order valence-corrected chi connectivity index (χ4v) is 3.62. The van der Waals surface area contributed by atoms with Gasteiger partial charge in [0, 0.05) is 19.0 Å². The number of nitrogens with zero attached hydrogens (tertiary/aromatic N) is 1. The third-order valence-electron chi connectivity index (χ3n) is 5.51. The molecule has 2 aliphatic rings. The number of esters is 1. The van der Waals surface area contributed by atoms with Gasteiger partial charge in [-0.3, -0.25) is 9.59 Å². The Bertz CT molecular complexity index is 788. The van der Waals surface area contributed by atoms with Crippen molar-refractivity contribution in [2.45, 2.75) is 32.3 Å². The highest BCUT2D eigenvalue weighted by Crippen LogP contribution is 2.32. The zero-order valence-electron chi connectivity index (χ0n) is 15.5. The molecule has 0 spiro atoms. The van der Waals surface area contributed by atoms with Crippen LogP contribution >= 0.6 is 0 Å². The number of hydrogen-bond donors (Lipinski definition) is 0. The summed E-state index contributed by atoms with van der Waals surface area (Å²) >= 11 is 0. The van der Waals surface area contributed by atoms with E-state index >= 15 is 0 Å². The molecule has 0 unspecified atom stereocenters. The van der Waals surface area contributed by atoms with E-state index in [0.717, 1.165) is 24.0 Å². The lowest BCUT2D eigenvalue weighted by molar-refractivity contribution is -0.153. The number of piperidine rings is 1. The maximum absolute atomic E-state index is 12.4. The van der Waals surface area contributed by atoms with Crippen LogP contribution in [-0.2, 0) is 20.9 Å². The molecule has 1 aliphatic heterocycles. The monoisotopic (exact) mass is 363 g/mol. The molecule has 2 aromatic rings. The summed E-state index contributed by atoms with van der Waals surface area (Å²) in [7, 11) is 0. The topological polar surface area (TPSA) is 46.6 Å². The van der Waals surface area contributed by atoms with Crippen LogP contribution in [-0.4, -0.2) is 29.9 Å². The second kappa shape index (κ2) is 7.95. The molecular weight excluding hydrogens is 338 g/mol. The van der Waals surface area contributed by atoms with Crippen LogP contribution in [0.5, 0.6) is 0 Å². The molecule has 2 aromatic carbocycles. The summed E-state index contributed by atoms with van der Waals surface area (Å²) in [6.45, 7) is 1.66. The number of ether oxygens (including phenoxy) is 1. The second-order valence-corrected chi connectivity index (χ2v) is 7.54. The van der Waals surface area contributed by atoms with E-state index in [1.54, 1.807) is 0 Å². The van der Waals surface area contributed by atoms with Gasteiger partial charge in [0.1, 0.15) is 6.61 Å². The maximum atomic E-state index is 12.4. The fraction of sp³-hybridized carbons (Fsp3) is 0.391. The van der Waals surface area contributed by atoms with Gasteiger partial charge < -0.3 is 9.64 Å². The van der Waals surface area contributed by atoms with Gasteiger partial charge in [-0.15, -0.1) is 0 Å². The van der Waals surface area contributed by atoms with Crippen molar-refractivity contribution in [1.29, 1.82) is 0 Å². The maximum Gasteiger partial charge on any atom is 0.309 e. The highest BCUT2D eigenvalue weighted by molar-refractivity contribution is 5.81. The zero-order chi connectivity index (χ0) is 18.6. The standard InChI is InChI=1S/C23H25NO3/c25-22(20-10-11-20)24-14-12-21(13-15-24)23(26)27-16-17-6-8-19(9-7-17)18-4-2-1-3-5-18/h1-9,20-21H,10-16H2. The molecule has 0 aromatic heterocycles. The molecule has 0 N–H and O–H groups in total. The third-order valence-corrected chi connectivity index (χ3v) is 5.51. The normalized spacial score (nSPS) is 17.6. The van der Waals surface area contributed by atoms with Crippen LogP contribution in [0.1, 0.15) is 31.2 Å². The number of carbonyl (C=O) groups is 2. The molecule has 1 aliphatic carbocycles. The van der Waals surface area contributed by atoms with Crippen molar-refractivity contribution in [2.75, 3.05) is 13.1 Å². The van der Waals surface area contributed by atoms with E-state index in [0.29, 0.717) is 32.5 Å². The summed E-state index contributed by atoms with van der Waals surface area (Å²) in [4.78, 5) is 26.4. The first-order valence-corrected chi connectivity index (χ1v) is 9.80. The van der Waals surface area contributed by atoms with Gasteiger partial charge in [0.05, 0.1) is 5.92 Å². The number of hydrogen-bond acceptors (Lipinski definition) is 3. The first-order valence-electron chi connectivity index (χ1n) is 9.80. The summed E-state index contributed by atoms with van der Waals surface area (Å²) in [5.74, 6) is 0.310. The number of likely N-dealkylation sites (tertiary alicyclic amines) is 1. The molecule has 0 bridgehead atoms. The average Bonchev–Trinajstić information content (AvgIpc) is 3.58. The van der Waals surface area contributed by atoms with Crippen molar-refractivity contribution in [1.82, 2.24) is 4.90 Å². The molecule has 1 amide bonds. The molecule has 4 rings (SSSR count). The van der Waals surface area contributed by atoms with E-state index in [4.69, 9.17) is 4.74 Å². The van der Waals surface area contributed by atoms with Crippen molar-refractivity contribution in [3.63, 3.8) is 0 Å². The van der Waals surface area contributed by atoms with E-state index in [2.05, 4.69) is 24.3 Å². The van der Waals surface area contributed by atoms with Crippen molar-refractivity contribution in [3.05, 3.63) is 60.2 Å². The Morgan fingerprint density at radius 3 is 2.07 bits per heavy atom. The molecule has 1 saturated heterocycles. The minimum absolute atomic E-state index is 0.0863. The SMILES string of the molecule is O=C(OCc1ccc(-c2ccccc2)cc1)C1CCN(C(=O)C2CC2)CC1. The summed E-state index contributed by atoms with van der Waals surface area (Å²) in [5.41, 5.74) is 3.32. The lowest BCUT2D eigenvalue weighted by atomic mass is 9.96. The Hall–Kier alpha value is -2.62. The first-order chi connectivity index (χ1) is 13.2. The third kappa shape index (κ3) is 4.38. The quantitative estimate of drug-likeness (QED) is 0.753.